The number of anilines is 1. The van der Waals surface area contributed by atoms with Crippen LogP contribution in [0.1, 0.15) is 44.1 Å². The second-order valence-electron chi connectivity index (χ2n) is 7.26. The van der Waals surface area contributed by atoms with Crippen LogP contribution in [0.25, 0.3) is 0 Å². The zero-order chi connectivity index (χ0) is 21.8. The number of carbonyl (C=O) groups is 1. The van der Waals surface area contributed by atoms with Gasteiger partial charge in [0.1, 0.15) is 10.6 Å². The second kappa shape index (κ2) is 9.07. The monoisotopic (exact) mass is 441 g/mol. The first-order valence-electron chi connectivity index (χ1n) is 9.68. The van der Waals surface area contributed by atoms with Gasteiger partial charge in [0.15, 0.2) is 0 Å². The van der Waals surface area contributed by atoms with Gasteiger partial charge in [-0.1, -0.05) is 25.7 Å². The van der Waals surface area contributed by atoms with Gasteiger partial charge in [-0.05, 0) is 61.4 Å². The van der Waals surface area contributed by atoms with Crippen molar-refractivity contribution >= 4 is 21.7 Å². The molecule has 0 heterocycles. The summed E-state index contributed by atoms with van der Waals surface area (Å²) in [4.78, 5) is 12.0. The van der Waals surface area contributed by atoms with Crippen molar-refractivity contribution in [3.63, 3.8) is 0 Å². The van der Waals surface area contributed by atoms with Gasteiger partial charge in [-0.15, -0.1) is 0 Å². The number of halogens is 3. The van der Waals surface area contributed by atoms with E-state index in [0.717, 1.165) is 50.7 Å². The molecule has 0 unspecified atom stereocenters. The summed E-state index contributed by atoms with van der Waals surface area (Å²) in [7, 11) is -4.29. The summed E-state index contributed by atoms with van der Waals surface area (Å²) < 4.78 is 67.4. The summed E-state index contributed by atoms with van der Waals surface area (Å²) in [5, 5.41) is 2.83. The van der Waals surface area contributed by atoms with Gasteiger partial charge >= 0.3 is 16.3 Å². The van der Waals surface area contributed by atoms with E-state index in [1.807, 2.05) is 0 Å². The van der Waals surface area contributed by atoms with Crippen LogP contribution >= 0.6 is 0 Å². The van der Waals surface area contributed by atoms with Crippen LogP contribution in [-0.4, -0.2) is 14.3 Å². The molecule has 0 atom stereocenters. The molecule has 1 aliphatic rings. The third kappa shape index (κ3) is 5.75. The highest BCUT2D eigenvalue weighted by Gasteiger charge is 2.31. The van der Waals surface area contributed by atoms with E-state index in [1.165, 1.54) is 24.3 Å². The molecule has 0 aromatic heterocycles. The van der Waals surface area contributed by atoms with Crippen LogP contribution in [0.2, 0.25) is 0 Å². The summed E-state index contributed by atoms with van der Waals surface area (Å²) in [5.41, 5.74) is -0.432. The predicted molar refractivity (Wildman–Crippen MR) is 106 cm³/mol. The number of benzene rings is 2. The Balaban J connectivity index is 1.63. The molecular formula is C21H22F3NO4S. The first kappa shape index (κ1) is 22.1. The summed E-state index contributed by atoms with van der Waals surface area (Å²) >= 11 is 0. The Bertz CT molecular complexity index is 963. The van der Waals surface area contributed by atoms with E-state index >= 15 is 0 Å². The summed E-state index contributed by atoms with van der Waals surface area (Å²) in [5.74, 6) is -0.0891. The van der Waals surface area contributed by atoms with Gasteiger partial charge in [-0.25, -0.2) is 0 Å². The van der Waals surface area contributed by atoms with Crippen LogP contribution < -0.4 is 9.50 Å². The Labute approximate surface area is 173 Å². The second-order valence-corrected chi connectivity index (χ2v) is 8.81. The molecule has 2 aromatic rings. The van der Waals surface area contributed by atoms with Crippen molar-refractivity contribution in [1.82, 2.24) is 0 Å². The molecule has 5 nitrogen and oxygen atoms in total. The molecule has 1 fully saturated rings. The minimum atomic E-state index is -4.56. The Morgan fingerprint density at radius 2 is 1.47 bits per heavy atom. The van der Waals surface area contributed by atoms with Gasteiger partial charge < -0.3 is 9.50 Å². The van der Waals surface area contributed by atoms with Gasteiger partial charge in [-0.2, -0.15) is 21.6 Å². The average molecular weight is 441 g/mol. The molecule has 0 spiro atoms. The Hall–Kier alpha value is -2.55. The topological polar surface area (TPSA) is 72.5 Å². The number of nitrogens with one attached hydrogen (secondary N) is 1. The zero-order valence-corrected chi connectivity index (χ0v) is 16.9. The van der Waals surface area contributed by atoms with Gasteiger partial charge in [-0.3, -0.25) is 4.79 Å². The number of hydrogen-bond donors (Lipinski definition) is 1. The van der Waals surface area contributed by atoms with E-state index in [0.29, 0.717) is 17.8 Å². The number of hydrogen-bond acceptors (Lipinski definition) is 4. The fraction of sp³-hybridized carbons (Fsp3) is 0.381. The fourth-order valence-electron chi connectivity index (χ4n) is 3.37. The van der Waals surface area contributed by atoms with Crippen molar-refractivity contribution in [1.29, 1.82) is 0 Å². The highest BCUT2D eigenvalue weighted by molar-refractivity contribution is 7.87. The molecule has 1 aliphatic carbocycles. The maximum absolute atomic E-state index is 12.6. The van der Waals surface area contributed by atoms with E-state index in [-0.39, 0.29) is 22.5 Å². The van der Waals surface area contributed by atoms with Crippen LogP contribution in [0, 0.1) is 5.92 Å². The van der Waals surface area contributed by atoms with Crippen LogP contribution in [-0.2, 0) is 21.1 Å². The lowest BCUT2D eigenvalue weighted by Crippen LogP contribution is -2.22. The summed E-state index contributed by atoms with van der Waals surface area (Å²) in [6, 6.07) is 8.86. The van der Waals surface area contributed by atoms with Gasteiger partial charge in [0.05, 0.1) is 5.56 Å². The standard InChI is InChI=1S/C21H22F3NO4S/c22-21(23,24)16-7-13-19(14-8-16)30(27,28)29-18-11-9-17(10-12-18)25-20(26)15-5-3-1-2-4-6-15/h7-15H,1-6H2,(H,25,26). The molecule has 0 bridgehead atoms. The maximum atomic E-state index is 12.6. The Morgan fingerprint density at radius 1 is 0.900 bits per heavy atom. The smallest absolute Gasteiger partial charge is 0.379 e. The van der Waals surface area contributed by atoms with Crippen molar-refractivity contribution in [2.75, 3.05) is 5.32 Å². The molecule has 0 radical (unpaired) electrons. The Morgan fingerprint density at radius 3 is 2.00 bits per heavy atom. The van der Waals surface area contributed by atoms with Crippen LogP contribution in [0.5, 0.6) is 5.75 Å². The summed E-state index contributed by atoms with van der Waals surface area (Å²) in [6.45, 7) is 0. The van der Waals surface area contributed by atoms with E-state index < -0.39 is 21.9 Å². The molecular weight excluding hydrogens is 419 g/mol. The van der Waals surface area contributed by atoms with Gasteiger partial charge in [0.2, 0.25) is 5.91 Å². The van der Waals surface area contributed by atoms with Gasteiger partial charge in [0.25, 0.3) is 0 Å². The number of carbonyl (C=O) groups excluding carboxylic acids is 1. The molecule has 1 N–H and O–H groups in total. The normalized spacial score (nSPS) is 16.0. The highest BCUT2D eigenvalue weighted by Crippen LogP contribution is 2.30. The Kier molecular flexibility index (Phi) is 6.70. The minimum absolute atomic E-state index is 0.0117. The SMILES string of the molecule is O=C(Nc1ccc(OS(=O)(=O)c2ccc(C(F)(F)F)cc2)cc1)C1CCCCCC1. The molecule has 9 heteroatoms. The average Bonchev–Trinajstić information content (AvgIpc) is 2.98. The molecule has 3 rings (SSSR count). The van der Waals surface area contributed by atoms with Crippen LogP contribution in [0.15, 0.2) is 53.4 Å². The van der Waals surface area contributed by atoms with Crippen molar-refractivity contribution < 1.29 is 30.6 Å². The predicted octanol–water partition coefficient (Wildman–Crippen LogP) is 5.38. The lowest BCUT2D eigenvalue weighted by Gasteiger charge is -2.14. The van der Waals surface area contributed by atoms with Crippen molar-refractivity contribution in [2.45, 2.75) is 49.6 Å². The lowest BCUT2D eigenvalue weighted by molar-refractivity contribution is -0.137. The number of amides is 1. The maximum Gasteiger partial charge on any atom is 0.416 e. The molecule has 30 heavy (non-hydrogen) atoms. The van der Waals surface area contributed by atoms with Crippen molar-refractivity contribution in [3.8, 4) is 5.75 Å². The highest BCUT2D eigenvalue weighted by atomic mass is 32.2. The van der Waals surface area contributed by atoms with Crippen LogP contribution in [0.4, 0.5) is 18.9 Å². The van der Waals surface area contributed by atoms with E-state index in [4.69, 9.17) is 4.18 Å². The third-order valence-electron chi connectivity index (χ3n) is 5.02. The van der Waals surface area contributed by atoms with E-state index in [2.05, 4.69) is 5.32 Å². The van der Waals surface area contributed by atoms with Crippen molar-refractivity contribution in [3.05, 3.63) is 54.1 Å². The van der Waals surface area contributed by atoms with Crippen LogP contribution in [0.3, 0.4) is 0 Å². The minimum Gasteiger partial charge on any atom is -0.379 e. The molecule has 0 aliphatic heterocycles. The zero-order valence-electron chi connectivity index (χ0n) is 16.1. The number of rotatable bonds is 5. The molecule has 1 amide bonds. The fourth-order valence-corrected chi connectivity index (χ4v) is 4.30. The molecule has 162 valence electrons. The molecule has 0 saturated heterocycles. The van der Waals surface area contributed by atoms with Crippen molar-refractivity contribution in [2.24, 2.45) is 5.92 Å². The number of alkyl halides is 3. The molecule has 1 saturated carbocycles. The first-order chi connectivity index (χ1) is 14.1. The van der Waals surface area contributed by atoms with Gasteiger partial charge in [0, 0.05) is 11.6 Å². The summed E-state index contributed by atoms with van der Waals surface area (Å²) in [6.07, 6.45) is 1.52. The van der Waals surface area contributed by atoms with E-state index in [9.17, 15) is 26.4 Å². The van der Waals surface area contributed by atoms with E-state index in [1.54, 1.807) is 0 Å². The lowest BCUT2D eigenvalue weighted by atomic mass is 9.99. The largest absolute Gasteiger partial charge is 0.416 e. The third-order valence-corrected chi connectivity index (χ3v) is 6.29. The quantitative estimate of drug-likeness (QED) is 0.499. The first-order valence-corrected chi connectivity index (χ1v) is 11.1. The molecule has 2 aromatic carbocycles.